The van der Waals surface area contributed by atoms with E-state index >= 15 is 0 Å². The van der Waals surface area contributed by atoms with E-state index in [0.717, 1.165) is 13.0 Å². The average molecular weight is 468 g/mol. The second kappa shape index (κ2) is 7.90. The van der Waals surface area contributed by atoms with E-state index in [1.807, 2.05) is 0 Å². The van der Waals surface area contributed by atoms with Crippen molar-refractivity contribution in [1.82, 2.24) is 4.31 Å². The highest BCUT2D eigenvalue weighted by Crippen LogP contribution is 2.33. The van der Waals surface area contributed by atoms with Crippen molar-refractivity contribution in [3.63, 3.8) is 0 Å². The Hall–Kier alpha value is 0.280. The van der Waals surface area contributed by atoms with Crippen LogP contribution in [0.3, 0.4) is 0 Å². The van der Waals surface area contributed by atoms with Crippen molar-refractivity contribution in [2.24, 2.45) is 5.92 Å². The Morgan fingerprint density at radius 2 is 2.37 bits per heavy atom. The fraction of sp³-hybridized carbons (Fsp3) is 0.286. The number of rotatable bonds is 5. The minimum Gasteiger partial charge on any atom is -0.306 e. The second-order valence-corrected chi connectivity index (χ2v) is 7.76. The lowest BCUT2D eigenvalue weighted by Crippen LogP contribution is -2.17. The van der Waals surface area contributed by atoms with Crippen LogP contribution in [0.25, 0.3) is 0 Å². The molecule has 1 nitrogen and oxygen atoms in total. The molecule has 0 bridgehead atoms. The van der Waals surface area contributed by atoms with Gasteiger partial charge in [0.1, 0.15) is 0 Å². The van der Waals surface area contributed by atoms with Crippen LogP contribution in [0.1, 0.15) is 12.5 Å². The summed E-state index contributed by atoms with van der Waals surface area (Å²) in [6.07, 6.45) is 9.87. The number of thiophene rings is 1. The SMILES string of the molecule is CC1C=CC=C(N(CCc2ccsc2)SI)C(Br)=C1. The maximum atomic E-state index is 3.70. The molecule has 0 amide bonds. The predicted molar refractivity (Wildman–Crippen MR) is 99.7 cm³/mol. The molecule has 0 aromatic carbocycles. The Labute approximate surface area is 143 Å². The lowest BCUT2D eigenvalue weighted by Gasteiger charge is -2.23. The molecule has 0 N–H and O–H groups in total. The minimum atomic E-state index is 0.473. The van der Waals surface area contributed by atoms with Gasteiger partial charge < -0.3 is 4.31 Å². The molecule has 1 heterocycles. The summed E-state index contributed by atoms with van der Waals surface area (Å²) in [4.78, 5) is 0. The van der Waals surface area contributed by atoms with Crippen LogP contribution in [0.5, 0.6) is 0 Å². The van der Waals surface area contributed by atoms with E-state index in [2.05, 4.69) is 89.5 Å². The van der Waals surface area contributed by atoms with Crippen molar-refractivity contribution < 1.29 is 0 Å². The molecule has 19 heavy (non-hydrogen) atoms. The fourth-order valence-corrected chi connectivity index (χ4v) is 5.04. The Morgan fingerprint density at radius 3 is 3.05 bits per heavy atom. The first-order valence-electron chi connectivity index (χ1n) is 6.04. The van der Waals surface area contributed by atoms with Crippen LogP contribution in [-0.2, 0) is 6.42 Å². The van der Waals surface area contributed by atoms with Gasteiger partial charge >= 0.3 is 0 Å². The van der Waals surface area contributed by atoms with Crippen molar-refractivity contribution in [2.45, 2.75) is 13.3 Å². The molecule has 0 aliphatic heterocycles. The minimum absolute atomic E-state index is 0.473. The monoisotopic (exact) mass is 467 g/mol. The molecule has 5 heteroatoms. The van der Waals surface area contributed by atoms with E-state index in [-0.39, 0.29) is 0 Å². The van der Waals surface area contributed by atoms with Gasteiger partial charge in [-0.2, -0.15) is 11.3 Å². The molecule has 0 fully saturated rings. The Morgan fingerprint density at radius 1 is 1.53 bits per heavy atom. The van der Waals surface area contributed by atoms with E-state index in [1.54, 1.807) is 20.5 Å². The molecule has 1 aromatic heterocycles. The van der Waals surface area contributed by atoms with Gasteiger partial charge in [-0.25, -0.2) is 0 Å². The van der Waals surface area contributed by atoms with Gasteiger partial charge in [-0.3, -0.25) is 0 Å². The summed E-state index contributed by atoms with van der Waals surface area (Å²) in [5.41, 5.74) is 2.66. The topological polar surface area (TPSA) is 3.24 Å². The molecule has 1 aliphatic carbocycles. The molecule has 0 spiro atoms. The first-order chi connectivity index (χ1) is 9.20. The van der Waals surface area contributed by atoms with Crippen LogP contribution in [0, 0.1) is 5.92 Å². The zero-order valence-electron chi connectivity index (χ0n) is 10.6. The lowest BCUT2D eigenvalue weighted by atomic mass is 10.1. The summed E-state index contributed by atoms with van der Waals surface area (Å²) in [5, 5.41) is 4.37. The summed E-state index contributed by atoms with van der Waals surface area (Å²) in [6.45, 7) is 3.21. The largest absolute Gasteiger partial charge is 0.306 e. The quantitative estimate of drug-likeness (QED) is 0.388. The standard InChI is InChI=1S/C14H15BrINS2/c1-11-3-2-4-14(13(15)9-11)17(19-16)7-5-12-6-8-18-10-12/h2-4,6,8-11H,5,7H2,1H3. The Balaban J connectivity index is 2.06. The third-order valence-corrected chi connectivity index (χ3v) is 6.23. The van der Waals surface area contributed by atoms with Gasteiger partial charge in [-0.15, -0.1) is 0 Å². The fourth-order valence-electron chi connectivity index (χ4n) is 1.83. The summed E-state index contributed by atoms with van der Waals surface area (Å²) in [6, 6.07) is 2.20. The third-order valence-electron chi connectivity index (χ3n) is 2.86. The van der Waals surface area contributed by atoms with Gasteiger partial charge in [0, 0.05) is 41.4 Å². The van der Waals surface area contributed by atoms with Crippen molar-refractivity contribution >= 4 is 57.6 Å². The molecule has 1 aliphatic rings. The van der Waals surface area contributed by atoms with Crippen LogP contribution < -0.4 is 0 Å². The highest BCUT2D eigenvalue weighted by atomic mass is 127. The van der Waals surface area contributed by atoms with E-state index in [9.17, 15) is 0 Å². The van der Waals surface area contributed by atoms with Gasteiger partial charge in [-0.1, -0.05) is 25.2 Å². The first kappa shape index (κ1) is 15.7. The second-order valence-electron chi connectivity index (χ2n) is 4.36. The molecule has 1 unspecified atom stereocenters. The average Bonchev–Trinajstić information content (AvgIpc) is 2.84. The smallest absolute Gasteiger partial charge is 0.0616 e. The lowest BCUT2D eigenvalue weighted by molar-refractivity contribution is 0.594. The molecule has 2 rings (SSSR count). The van der Waals surface area contributed by atoms with E-state index in [4.69, 9.17) is 0 Å². The third kappa shape index (κ3) is 4.65. The zero-order valence-corrected chi connectivity index (χ0v) is 15.9. The molecule has 0 saturated carbocycles. The van der Waals surface area contributed by atoms with Crippen LogP contribution in [0.4, 0.5) is 0 Å². The van der Waals surface area contributed by atoms with E-state index in [1.165, 1.54) is 15.7 Å². The number of halogens is 2. The number of allylic oxidation sites excluding steroid dienone is 5. The molecule has 102 valence electrons. The van der Waals surface area contributed by atoms with Crippen LogP contribution in [-0.4, -0.2) is 10.8 Å². The van der Waals surface area contributed by atoms with E-state index in [0.29, 0.717) is 5.92 Å². The van der Waals surface area contributed by atoms with Crippen LogP contribution >= 0.6 is 57.6 Å². The first-order valence-corrected chi connectivity index (χ1v) is 11.1. The number of hydrogen-bond donors (Lipinski definition) is 0. The summed E-state index contributed by atoms with van der Waals surface area (Å²) < 4.78 is 3.51. The highest BCUT2D eigenvalue weighted by Gasteiger charge is 2.14. The molecule has 0 radical (unpaired) electrons. The Bertz CT molecular complexity index is 494. The van der Waals surface area contributed by atoms with Crippen LogP contribution in [0.15, 0.2) is 51.3 Å². The number of nitrogens with zero attached hydrogens (tertiary/aromatic N) is 1. The molecular formula is C14H15BrINS2. The van der Waals surface area contributed by atoms with Gasteiger partial charge in [0.2, 0.25) is 0 Å². The summed E-state index contributed by atoms with van der Waals surface area (Å²) in [5.74, 6) is 0.473. The van der Waals surface area contributed by atoms with Crippen molar-refractivity contribution in [2.75, 3.05) is 6.54 Å². The Kier molecular flexibility index (Phi) is 6.52. The predicted octanol–water partition coefficient (Wildman–Crippen LogP) is 5.96. The van der Waals surface area contributed by atoms with Crippen molar-refractivity contribution in [1.29, 1.82) is 0 Å². The zero-order chi connectivity index (χ0) is 13.7. The summed E-state index contributed by atoms with van der Waals surface area (Å²) >= 11 is 7.82. The molecule has 1 atom stereocenters. The van der Waals surface area contributed by atoms with Crippen LogP contribution in [0.2, 0.25) is 0 Å². The van der Waals surface area contributed by atoms with Gasteiger partial charge in [0.15, 0.2) is 0 Å². The van der Waals surface area contributed by atoms with Gasteiger partial charge in [-0.05, 0) is 56.7 Å². The highest BCUT2D eigenvalue weighted by molar-refractivity contribution is 14.2. The molecular weight excluding hydrogens is 453 g/mol. The summed E-state index contributed by atoms with van der Waals surface area (Å²) in [7, 11) is 1.75. The van der Waals surface area contributed by atoms with Crippen molar-refractivity contribution in [3.8, 4) is 0 Å². The molecule has 0 saturated heterocycles. The van der Waals surface area contributed by atoms with Crippen molar-refractivity contribution in [3.05, 3.63) is 56.9 Å². The maximum Gasteiger partial charge on any atom is 0.0616 e. The van der Waals surface area contributed by atoms with Gasteiger partial charge in [0.05, 0.1) is 5.70 Å². The molecule has 1 aromatic rings. The van der Waals surface area contributed by atoms with E-state index < -0.39 is 0 Å². The number of hydrogen-bond acceptors (Lipinski definition) is 3. The van der Waals surface area contributed by atoms with Gasteiger partial charge in [0.25, 0.3) is 0 Å². The maximum absolute atomic E-state index is 3.70. The normalized spacial score (nSPS) is 18.8.